The quantitative estimate of drug-likeness (QED) is 0.859. The van der Waals surface area contributed by atoms with Gasteiger partial charge in [0.05, 0.1) is 12.3 Å². The third kappa shape index (κ3) is 2.45. The number of nitrogens with one attached hydrogen (secondary N) is 1. The Hall–Kier alpha value is -1.91. The predicted octanol–water partition coefficient (Wildman–Crippen LogP) is 1.72. The van der Waals surface area contributed by atoms with Gasteiger partial charge in [0, 0.05) is 30.4 Å². The first-order valence-electron chi connectivity index (χ1n) is 6.40. The molecule has 0 spiro atoms. The normalized spacial score (nSPS) is 14.4. The van der Waals surface area contributed by atoms with Crippen molar-refractivity contribution in [2.45, 2.75) is 13.2 Å². The molecule has 1 aromatic carbocycles. The minimum Gasteiger partial charge on any atom is -0.491 e. The van der Waals surface area contributed by atoms with Crippen LogP contribution in [0.4, 0.5) is 0 Å². The van der Waals surface area contributed by atoms with Gasteiger partial charge in [0.25, 0.3) is 0 Å². The first kappa shape index (κ1) is 12.1. The van der Waals surface area contributed by atoms with Crippen molar-refractivity contribution in [2.24, 2.45) is 0 Å². The largest absolute Gasteiger partial charge is 0.491 e. The lowest BCUT2D eigenvalue weighted by Gasteiger charge is -2.12. The fourth-order valence-electron chi connectivity index (χ4n) is 2.26. The topological polar surface area (TPSA) is 54.4 Å². The summed E-state index contributed by atoms with van der Waals surface area (Å²) in [6.45, 7) is 2.33. The van der Waals surface area contributed by atoms with Crippen LogP contribution >= 0.6 is 0 Å². The Bertz CT molecular complexity index is 584. The van der Waals surface area contributed by atoms with Gasteiger partial charge in [-0.1, -0.05) is 12.1 Å². The lowest BCUT2D eigenvalue weighted by atomic mass is 10.0. The van der Waals surface area contributed by atoms with Crippen LogP contribution in [-0.4, -0.2) is 23.2 Å². The van der Waals surface area contributed by atoms with E-state index < -0.39 is 0 Å². The lowest BCUT2D eigenvalue weighted by molar-refractivity contribution is 0.282. The van der Waals surface area contributed by atoms with E-state index in [9.17, 15) is 5.11 Å². The van der Waals surface area contributed by atoms with Crippen molar-refractivity contribution in [3.8, 4) is 17.0 Å². The zero-order valence-electron chi connectivity index (χ0n) is 10.6. The number of nitrogens with zero attached hydrogens (tertiary/aromatic N) is 1. The molecule has 4 heteroatoms. The number of hydrogen-bond donors (Lipinski definition) is 2. The minimum atomic E-state index is 0.0208. The summed E-state index contributed by atoms with van der Waals surface area (Å²) in [6.07, 6.45) is 1.72. The van der Waals surface area contributed by atoms with Gasteiger partial charge in [-0.3, -0.25) is 4.98 Å². The molecule has 0 saturated heterocycles. The van der Waals surface area contributed by atoms with Crippen LogP contribution < -0.4 is 10.1 Å². The lowest BCUT2D eigenvalue weighted by Crippen LogP contribution is -2.16. The molecule has 3 rings (SSSR count). The van der Waals surface area contributed by atoms with Gasteiger partial charge >= 0.3 is 0 Å². The summed E-state index contributed by atoms with van der Waals surface area (Å²) in [6, 6.07) is 9.79. The second-order valence-corrected chi connectivity index (χ2v) is 4.53. The van der Waals surface area contributed by atoms with E-state index in [1.165, 1.54) is 0 Å². The maximum Gasteiger partial charge on any atom is 0.133 e. The van der Waals surface area contributed by atoms with E-state index in [1.807, 2.05) is 24.3 Å². The molecule has 98 valence electrons. The number of aliphatic hydroxyl groups is 1. The van der Waals surface area contributed by atoms with Crippen molar-refractivity contribution in [2.75, 3.05) is 13.2 Å². The van der Waals surface area contributed by atoms with E-state index in [4.69, 9.17) is 4.74 Å². The summed E-state index contributed by atoms with van der Waals surface area (Å²) in [5.74, 6) is 0.898. The summed E-state index contributed by atoms with van der Waals surface area (Å²) in [5, 5.41) is 12.5. The predicted molar refractivity (Wildman–Crippen MR) is 72.8 cm³/mol. The minimum absolute atomic E-state index is 0.0208. The molecule has 0 fully saturated rings. The Kier molecular flexibility index (Phi) is 3.44. The van der Waals surface area contributed by atoms with Crippen molar-refractivity contribution in [3.05, 3.63) is 47.7 Å². The summed E-state index contributed by atoms with van der Waals surface area (Å²) in [7, 11) is 0. The van der Waals surface area contributed by atoms with E-state index in [0.29, 0.717) is 6.61 Å². The molecule has 1 aliphatic rings. The highest BCUT2D eigenvalue weighted by Crippen LogP contribution is 2.33. The molecule has 1 aromatic heterocycles. The van der Waals surface area contributed by atoms with Crippen LogP contribution in [0.3, 0.4) is 0 Å². The van der Waals surface area contributed by atoms with E-state index in [-0.39, 0.29) is 6.61 Å². The molecule has 0 unspecified atom stereocenters. The zero-order chi connectivity index (χ0) is 13.1. The molecule has 2 aromatic rings. The Morgan fingerprint density at radius 1 is 1.32 bits per heavy atom. The van der Waals surface area contributed by atoms with Crippen LogP contribution in [0.5, 0.6) is 5.75 Å². The van der Waals surface area contributed by atoms with Gasteiger partial charge in [0.1, 0.15) is 12.4 Å². The van der Waals surface area contributed by atoms with Gasteiger partial charge in [-0.05, 0) is 23.8 Å². The number of pyridine rings is 1. The molecule has 0 bridgehead atoms. The van der Waals surface area contributed by atoms with Crippen LogP contribution in [0.25, 0.3) is 11.3 Å². The van der Waals surface area contributed by atoms with Gasteiger partial charge in [0.2, 0.25) is 0 Å². The van der Waals surface area contributed by atoms with E-state index >= 15 is 0 Å². The Labute approximate surface area is 112 Å². The fourth-order valence-corrected chi connectivity index (χ4v) is 2.26. The number of rotatable bonds is 2. The smallest absolute Gasteiger partial charge is 0.133 e. The van der Waals surface area contributed by atoms with E-state index in [1.54, 1.807) is 6.20 Å². The van der Waals surface area contributed by atoms with Crippen LogP contribution in [0.15, 0.2) is 36.5 Å². The zero-order valence-corrected chi connectivity index (χ0v) is 10.6. The molecular formula is C15H16N2O2. The van der Waals surface area contributed by atoms with Crippen molar-refractivity contribution >= 4 is 0 Å². The van der Waals surface area contributed by atoms with Crippen molar-refractivity contribution in [1.82, 2.24) is 10.3 Å². The molecule has 2 heterocycles. The first-order chi connectivity index (χ1) is 9.38. The number of aliphatic hydroxyl groups excluding tert-OH is 1. The van der Waals surface area contributed by atoms with Crippen LogP contribution in [-0.2, 0) is 13.2 Å². The standard InChI is InChI=1S/C15H16N2O2/c18-10-11-4-5-17-14(8-11)13-3-1-2-12-9-16-6-7-19-15(12)13/h1-5,8,16,18H,6-7,9-10H2. The van der Waals surface area contributed by atoms with E-state index in [2.05, 4.69) is 16.4 Å². The molecule has 0 radical (unpaired) electrons. The molecule has 0 amide bonds. The molecule has 0 atom stereocenters. The number of hydrogen-bond acceptors (Lipinski definition) is 4. The second kappa shape index (κ2) is 5.38. The van der Waals surface area contributed by atoms with Crippen molar-refractivity contribution in [1.29, 1.82) is 0 Å². The number of ether oxygens (including phenoxy) is 1. The van der Waals surface area contributed by atoms with Crippen LogP contribution in [0.2, 0.25) is 0 Å². The summed E-state index contributed by atoms with van der Waals surface area (Å²) in [5.41, 5.74) is 3.82. The Morgan fingerprint density at radius 3 is 3.16 bits per heavy atom. The highest BCUT2D eigenvalue weighted by atomic mass is 16.5. The van der Waals surface area contributed by atoms with Gasteiger partial charge in [-0.25, -0.2) is 0 Å². The average molecular weight is 256 g/mol. The number of fused-ring (bicyclic) bond motifs is 1. The number of benzene rings is 1. The maximum absolute atomic E-state index is 9.22. The van der Waals surface area contributed by atoms with Gasteiger partial charge < -0.3 is 15.2 Å². The summed E-state index contributed by atoms with van der Waals surface area (Å²) in [4.78, 5) is 4.38. The highest BCUT2D eigenvalue weighted by Gasteiger charge is 2.14. The first-order valence-corrected chi connectivity index (χ1v) is 6.40. The average Bonchev–Trinajstić information content (AvgIpc) is 2.72. The highest BCUT2D eigenvalue weighted by molar-refractivity contribution is 5.69. The van der Waals surface area contributed by atoms with Crippen molar-refractivity contribution < 1.29 is 9.84 Å². The molecule has 0 saturated carbocycles. The number of para-hydroxylation sites is 1. The third-order valence-corrected chi connectivity index (χ3v) is 3.22. The van der Waals surface area contributed by atoms with Gasteiger partial charge in [-0.2, -0.15) is 0 Å². The Morgan fingerprint density at radius 2 is 2.26 bits per heavy atom. The molecule has 1 aliphatic heterocycles. The maximum atomic E-state index is 9.22. The van der Waals surface area contributed by atoms with Gasteiger partial charge in [-0.15, -0.1) is 0 Å². The fraction of sp³-hybridized carbons (Fsp3) is 0.267. The number of aromatic nitrogens is 1. The molecule has 4 nitrogen and oxygen atoms in total. The molecular weight excluding hydrogens is 240 g/mol. The molecule has 19 heavy (non-hydrogen) atoms. The SMILES string of the molecule is OCc1ccnc(-c2cccc3c2OCCNC3)c1. The van der Waals surface area contributed by atoms with Crippen LogP contribution in [0.1, 0.15) is 11.1 Å². The monoisotopic (exact) mass is 256 g/mol. The molecule has 0 aliphatic carbocycles. The second-order valence-electron chi connectivity index (χ2n) is 4.53. The van der Waals surface area contributed by atoms with Gasteiger partial charge in [0.15, 0.2) is 0 Å². The van der Waals surface area contributed by atoms with Crippen molar-refractivity contribution in [3.63, 3.8) is 0 Å². The van der Waals surface area contributed by atoms with Crippen LogP contribution in [0, 0.1) is 0 Å². The Balaban J connectivity index is 2.09. The molecule has 2 N–H and O–H groups in total. The summed E-state index contributed by atoms with van der Waals surface area (Å²) < 4.78 is 5.84. The summed E-state index contributed by atoms with van der Waals surface area (Å²) >= 11 is 0. The third-order valence-electron chi connectivity index (χ3n) is 3.22. The van der Waals surface area contributed by atoms with E-state index in [0.717, 1.165) is 41.2 Å².